The molecule has 1 aliphatic carbocycles. The first-order chi connectivity index (χ1) is 14.3. The number of carbonyl (C=O) groups is 1. The molecular weight excluding hydrogens is 378 g/mol. The molecule has 1 aromatic rings. The molecule has 1 aliphatic heterocycles. The van der Waals surface area contributed by atoms with Crippen LogP contribution in [0.1, 0.15) is 35.7 Å². The molecule has 2 aliphatic rings. The van der Waals surface area contributed by atoms with Gasteiger partial charge >= 0.3 is 5.97 Å². The number of nitrogens with zero attached hydrogens (tertiary/aromatic N) is 4. The molecule has 0 aromatic heterocycles. The first kappa shape index (κ1) is 21.1. The maximum atomic E-state index is 11.8. The molecule has 0 saturated heterocycles. The molecule has 7 heteroatoms. The molecule has 2 N–H and O–H groups in total. The predicted molar refractivity (Wildman–Crippen MR) is 109 cm³/mol. The molecule has 0 unspecified atom stereocenters. The Bertz CT molecular complexity index is 1030. The standard InChI is InChI=1S/C23H23N5O2/c1-14(2)28-9-8-19-18(11-28)20(15-4-6-16(7-5-15)22(29)30-3)17(10-24)21(27)23(19,12-25)13-26/h4-8,14,18,20H,9,11,27H2,1-3H3/t18-,20-/m0/s1. The first-order valence-corrected chi connectivity index (χ1v) is 9.70. The molecule has 0 bridgehead atoms. The SMILES string of the molecule is COC(=O)c1ccc([C@H]2C(C#N)=C(N)C(C#N)(C#N)C3=CCN(C(C)C)C[C@@H]32)cc1. The highest BCUT2D eigenvalue weighted by Crippen LogP contribution is 2.52. The first-order valence-electron chi connectivity index (χ1n) is 9.70. The van der Waals surface area contributed by atoms with Crippen molar-refractivity contribution < 1.29 is 9.53 Å². The van der Waals surface area contributed by atoms with E-state index in [4.69, 9.17) is 10.5 Å². The number of nitriles is 3. The van der Waals surface area contributed by atoms with Gasteiger partial charge in [0.05, 0.1) is 42.2 Å². The summed E-state index contributed by atoms with van der Waals surface area (Å²) in [5, 5.41) is 29.8. The van der Waals surface area contributed by atoms with E-state index in [0.717, 1.165) is 5.56 Å². The summed E-state index contributed by atoms with van der Waals surface area (Å²) in [6, 6.07) is 13.4. The van der Waals surface area contributed by atoms with E-state index in [1.54, 1.807) is 24.3 Å². The Balaban J connectivity index is 2.21. The number of hydrogen-bond acceptors (Lipinski definition) is 7. The lowest BCUT2D eigenvalue weighted by atomic mass is 9.60. The fraction of sp³-hybridized carbons (Fsp3) is 0.391. The van der Waals surface area contributed by atoms with Crippen LogP contribution in [0.25, 0.3) is 0 Å². The van der Waals surface area contributed by atoms with Gasteiger partial charge in [-0.3, -0.25) is 4.90 Å². The van der Waals surface area contributed by atoms with Crippen molar-refractivity contribution in [3.63, 3.8) is 0 Å². The van der Waals surface area contributed by atoms with Gasteiger partial charge in [0.1, 0.15) is 0 Å². The molecule has 1 aromatic carbocycles. The fourth-order valence-corrected chi connectivity index (χ4v) is 4.40. The van der Waals surface area contributed by atoms with Gasteiger partial charge in [0, 0.05) is 31.0 Å². The van der Waals surface area contributed by atoms with Crippen molar-refractivity contribution in [1.29, 1.82) is 15.8 Å². The van der Waals surface area contributed by atoms with Crippen molar-refractivity contribution >= 4 is 5.97 Å². The third kappa shape index (κ3) is 3.12. The summed E-state index contributed by atoms with van der Waals surface area (Å²) < 4.78 is 4.76. The number of nitrogens with two attached hydrogens (primary N) is 1. The third-order valence-electron chi connectivity index (χ3n) is 6.09. The second kappa shape index (κ2) is 8.03. The van der Waals surface area contributed by atoms with Gasteiger partial charge in [0.25, 0.3) is 0 Å². The van der Waals surface area contributed by atoms with Crippen LogP contribution in [0.2, 0.25) is 0 Å². The van der Waals surface area contributed by atoms with E-state index >= 15 is 0 Å². The second-order valence-corrected chi connectivity index (χ2v) is 7.82. The van der Waals surface area contributed by atoms with Crippen LogP contribution in [0.4, 0.5) is 0 Å². The van der Waals surface area contributed by atoms with Crippen LogP contribution in [0.5, 0.6) is 0 Å². The van der Waals surface area contributed by atoms with Gasteiger partial charge in [-0.1, -0.05) is 18.2 Å². The third-order valence-corrected chi connectivity index (χ3v) is 6.09. The Morgan fingerprint density at radius 1 is 1.23 bits per heavy atom. The number of allylic oxidation sites excluding steroid dienone is 2. The molecule has 0 spiro atoms. The van der Waals surface area contributed by atoms with Crippen molar-refractivity contribution in [1.82, 2.24) is 4.90 Å². The average Bonchev–Trinajstić information content (AvgIpc) is 2.78. The summed E-state index contributed by atoms with van der Waals surface area (Å²) in [7, 11) is 1.32. The van der Waals surface area contributed by atoms with E-state index in [1.165, 1.54) is 7.11 Å². The van der Waals surface area contributed by atoms with E-state index < -0.39 is 17.3 Å². The quantitative estimate of drug-likeness (QED) is 0.609. The van der Waals surface area contributed by atoms with Gasteiger partial charge in [-0.05, 0) is 37.1 Å². The molecule has 7 nitrogen and oxygen atoms in total. The summed E-state index contributed by atoms with van der Waals surface area (Å²) in [5.74, 6) is -1.12. The molecule has 3 rings (SSSR count). The molecule has 2 atom stereocenters. The van der Waals surface area contributed by atoms with Crippen LogP contribution >= 0.6 is 0 Å². The number of esters is 1. The van der Waals surface area contributed by atoms with Crippen LogP contribution < -0.4 is 5.73 Å². The summed E-state index contributed by atoms with van der Waals surface area (Å²) in [4.78, 5) is 14.0. The summed E-state index contributed by atoms with van der Waals surface area (Å²) in [6.45, 7) is 5.37. The predicted octanol–water partition coefficient (Wildman–Crippen LogP) is 2.61. The molecule has 1 heterocycles. The van der Waals surface area contributed by atoms with Gasteiger partial charge in [0.15, 0.2) is 0 Å². The fourth-order valence-electron chi connectivity index (χ4n) is 4.40. The van der Waals surface area contributed by atoms with E-state index in [1.807, 2.05) is 6.08 Å². The van der Waals surface area contributed by atoms with Crippen molar-refractivity contribution in [3.8, 4) is 18.2 Å². The highest BCUT2D eigenvalue weighted by molar-refractivity contribution is 5.89. The number of methoxy groups -OCH3 is 1. The highest BCUT2D eigenvalue weighted by atomic mass is 16.5. The molecule has 0 fully saturated rings. The van der Waals surface area contributed by atoms with Crippen molar-refractivity contribution in [2.45, 2.75) is 25.8 Å². The Kier molecular flexibility index (Phi) is 5.65. The van der Waals surface area contributed by atoms with E-state index in [2.05, 4.69) is 37.0 Å². The lowest BCUT2D eigenvalue weighted by Gasteiger charge is -2.46. The van der Waals surface area contributed by atoms with Gasteiger partial charge in [0.2, 0.25) is 5.41 Å². The van der Waals surface area contributed by atoms with Crippen LogP contribution in [0, 0.1) is 45.3 Å². The highest BCUT2D eigenvalue weighted by Gasteiger charge is 2.52. The minimum absolute atomic E-state index is 0.00228. The lowest BCUT2D eigenvalue weighted by molar-refractivity contribution is 0.0600. The number of benzene rings is 1. The second-order valence-electron chi connectivity index (χ2n) is 7.82. The maximum Gasteiger partial charge on any atom is 0.337 e. The van der Waals surface area contributed by atoms with Crippen LogP contribution in [0.15, 0.2) is 47.2 Å². The van der Waals surface area contributed by atoms with Gasteiger partial charge in [-0.2, -0.15) is 15.8 Å². The Morgan fingerprint density at radius 2 is 1.87 bits per heavy atom. The van der Waals surface area contributed by atoms with Crippen LogP contribution in [-0.4, -0.2) is 37.1 Å². The number of ether oxygens (including phenoxy) is 1. The summed E-state index contributed by atoms with van der Waals surface area (Å²) in [5.41, 5.74) is 6.75. The largest absolute Gasteiger partial charge is 0.465 e. The molecule has 0 saturated carbocycles. The van der Waals surface area contributed by atoms with E-state index in [-0.39, 0.29) is 23.2 Å². The topological polar surface area (TPSA) is 127 Å². The zero-order valence-corrected chi connectivity index (χ0v) is 17.2. The zero-order valence-electron chi connectivity index (χ0n) is 17.2. The van der Waals surface area contributed by atoms with Gasteiger partial charge in [-0.25, -0.2) is 4.79 Å². The van der Waals surface area contributed by atoms with Crippen molar-refractivity contribution in [3.05, 3.63) is 58.3 Å². The number of fused-ring (bicyclic) bond motifs is 1. The normalized spacial score (nSPS) is 22.9. The molecule has 0 amide bonds. The van der Waals surface area contributed by atoms with E-state index in [0.29, 0.717) is 24.2 Å². The minimum Gasteiger partial charge on any atom is -0.465 e. The number of carbonyl (C=O) groups excluding carboxylic acids is 1. The lowest BCUT2D eigenvalue weighted by Crippen LogP contribution is -2.48. The average molecular weight is 401 g/mol. The molecular formula is C23H23N5O2. The van der Waals surface area contributed by atoms with E-state index in [9.17, 15) is 20.6 Å². The van der Waals surface area contributed by atoms with Crippen LogP contribution in [-0.2, 0) is 4.74 Å². The number of rotatable bonds is 3. The molecule has 0 radical (unpaired) electrons. The minimum atomic E-state index is -1.64. The Morgan fingerprint density at radius 3 is 2.37 bits per heavy atom. The van der Waals surface area contributed by atoms with Gasteiger partial charge in [-0.15, -0.1) is 0 Å². The van der Waals surface area contributed by atoms with Crippen LogP contribution in [0.3, 0.4) is 0 Å². The smallest absolute Gasteiger partial charge is 0.337 e. The Hall–Kier alpha value is -3.60. The molecule has 30 heavy (non-hydrogen) atoms. The van der Waals surface area contributed by atoms with Gasteiger partial charge < -0.3 is 10.5 Å². The van der Waals surface area contributed by atoms with Crippen molar-refractivity contribution in [2.75, 3.05) is 20.2 Å². The van der Waals surface area contributed by atoms with Crippen molar-refractivity contribution in [2.24, 2.45) is 17.1 Å². The molecule has 152 valence electrons. The summed E-state index contributed by atoms with van der Waals surface area (Å²) in [6.07, 6.45) is 1.91. The maximum absolute atomic E-state index is 11.8. The monoisotopic (exact) mass is 401 g/mol. The Labute approximate surface area is 176 Å². The summed E-state index contributed by atoms with van der Waals surface area (Å²) >= 11 is 0. The zero-order chi connectivity index (χ0) is 22.1. The number of hydrogen-bond donors (Lipinski definition) is 1.